The number of halogens is 2. The van der Waals surface area contributed by atoms with E-state index in [0.29, 0.717) is 36.8 Å². The van der Waals surface area contributed by atoms with Gasteiger partial charge in [-0.05, 0) is 12.8 Å². The first-order valence-corrected chi connectivity index (χ1v) is 6.04. The van der Waals surface area contributed by atoms with Crippen LogP contribution >= 0.6 is 11.6 Å². The summed E-state index contributed by atoms with van der Waals surface area (Å²) in [6, 6.07) is 1.47. The minimum absolute atomic E-state index is 0.0731. The van der Waals surface area contributed by atoms with Gasteiger partial charge in [0.25, 0.3) is 0 Å². The van der Waals surface area contributed by atoms with E-state index in [2.05, 4.69) is 0 Å². The van der Waals surface area contributed by atoms with Crippen LogP contribution in [-0.4, -0.2) is 19.8 Å². The van der Waals surface area contributed by atoms with E-state index in [1.165, 1.54) is 6.07 Å². The Labute approximate surface area is 104 Å². The van der Waals surface area contributed by atoms with Crippen LogP contribution in [0.3, 0.4) is 0 Å². The molecule has 0 spiro atoms. The molecule has 2 aliphatic rings. The molecule has 0 amide bonds. The van der Waals surface area contributed by atoms with Crippen LogP contribution in [0.25, 0.3) is 0 Å². The quantitative estimate of drug-likeness (QED) is 0.884. The first kappa shape index (κ1) is 11.1. The number of hydrogen-bond donors (Lipinski definition) is 1. The molecule has 1 aliphatic heterocycles. The summed E-state index contributed by atoms with van der Waals surface area (Å²) in [6.07, 6.45) is 1.74. The third-order valence-corrected chi connectivity index (χ3v) is 3.77. The van der Waals surface area contributed by atoms with Crippen molar-refractivity contribution in [1.82, 2.24) is 0 Å². The lowest BCUT2D eigenvalue weighted by molar-refractivity contribution is 0.167. The lowest BCUT2D eigenvalue weighted by Gasteiger charge is -2.25. The molecule has 0 atom stereocenters. The van der Waals surface area contributed by atoms with Gasteiger partial charge in [0.1, 0.15) is 19.0 Å². The number of fused-ring (bicyclic) bond motifs is 1. The van der Waals surface area contributed by atoms with Gasteiger partial charge >= 0.3 is 0 Å². The predicted octanol–water partition coefficient (Wildman–Crippen LogP) is 2.24. The van der Waals surface area contributed by atoms with E-state index in [4.69, 9.17) is 26.8 Å². The zero-order chi connectivity index (χ0) is 12.0. The molecule has 5 heteroatoms. The molecule has 0 unspecified atom stereocenters. The van der Waals surface area contributed by atoms with Crippen LogP contribution in [0, 0.1) is 5.82 Å². The molecular formula is C12H13ClFNO2. The number of benzene rings is 1. The number of rotatable bonds is 2. The highest BCUT2D eigenvalue weighted by atomic mass is 35.5. The van der Waals surface area contributed by atoms with Crippen molar-refractivity contribution in [3.63, 3.8) is 0 Å². The predicted molar refractivity (Wildman–Crippen MR) is 62.4 cm³/mol. The van der Waals surface area contributed by atoms with E-state index in [9.17, 15) is 4.39 Å². The van der Waals surface area contributed by atoms with Crippen LogP contribution in [0.2, 0.25) is 5.02 Å². The van der Waals surface area contributed by atoms with E-state index < -0.39 is 5.82 Å². The summed E-state index contributed by atoms with van der Waals surface area (Å²) >= 11 is 5.89. The number of ether oxygens (including phenoxy) is 2. The maximum atomic E-state index is 14.2. The summed E-state index contributed by atoms with van der Waals surface area (Å²) in [5.74, 6) is 0.595. The third-order valence-electron chi connectivity index (χ3n) is 3.50. The fourth-order valence-corrected chi connectivity index (χ4v) is 2.51. The summed E-state index contributed by atoms with van der Waals surface area (Å²) in [4.78, 5) is 0. The molecule has 1 aliphatic carbocycles. The Morgan fingerprint density at radius 3 is 2.71 bits per heavy atom. The van der Waals surface area contributed by atoms with Crippen LogP contribution in [-0.2, 0) is 5.41 Å². The Morgan fingerprint density at radius 1 is 1.35 bits per heavy atom. The van der Waals surface area contributed by atoms with Crippen molar-refractivity contribution in [2.45, 2.75) is 18.3 Å². The standard InChI is InChI=1S/C12H13ClFNO2/c13-7-5-8-11(17-4-3-16-8)9(10(7)14)12(6-15)1-2-12/h5H,1-4,6,15H2. The Morgan fingerprint density at radius 2 is 2.06 bits per heavy atom. The SMILES string of the molecule is NCC1(c2c(F)c(Cl)cc3c2OCCO3)CC1. The first-order valence-electron chi connectivity index (χ1n) is 5.66. The maximum absolute atomic E-state index is 14.2. The van der Waals surface area contributed by atoms with E-state index >= 15 is 0 Å². The fraction of sp³-hybridized carbons (Fsp3) is 0.500. The molecule has 1 heterocycles. The molecule has 0 radical (unpaired) electrons. The molecule has 17 heavy (non-hydrogen) atoms. The van der Waals surface area contributed by atoms with Gasteiger partial charge in [0.15, 0.2) is 11.5 Å². The van der Waals surface area contributed by atoms with Crippen LogP contribution in [0.15, 0.2) is 6.07 Å². The molecule has 92 valence electrons. The Hall–Kier alpha value is -1.00. The van der Waals surface area contributed by atoms with Crippen LogP contribution in [0.5, 0.6) is 11.5 Å². The average molecular weight is 258 g/mol. The zero-order valence-electron chi connectivity index (χ0n) is 9.26. The summed E-state index contributed by atoms with van der Waals surface area (Å²) in [5.41, 5.74) is 5.94. The summed E-state index contributed by atoms with van der Waals surface area (Å²) < 4.78 is 25.2. The second-order valence-electron chi connectivity index (χ2n) is 4.56. The van der Waals surface area contributed by atoms with Crippen LogP contribution < -0.4 is 15.2 Å². The molecule has 1 aromatic carbocycles. The van der Waals surface area contributed by atoms with Gasteiger partial charge in [-0.3, -0.25) is 0 Å². The molecule has 0 saturated heterocycles. The van der Waals surface area contributed by atoms with Gasteiger partial charge in [0.05, 0.1) is 5.02 Å². The number of nitrogens with two attached hydrogens (primary N) is 1. The summed E-state index contributed by atoms with van der Waals surface area (Å²) in [5, 5.41) is 0.0731. The lowest BCUT2D eigenvalue weighted by Crippen LogP contribution is -2.25. The smallest absolute Gasteiger partial charge is 0.168 e. The molecule has 3 nitrogen and oxygen atoms in total. The van der Waals surface area contributed by atoms with Crippen molar-refractivity contribution in [1.29, 1.82) is 0 Å². The first-order chi connectivity index (χ1) is 8.18. The molecular weight excluding hydrogens is 245 g/mol. The monoisotopic (exact) mass is 257 g/mol. The minimum atomic E-state index is -0.418. The lowest BCUT2D eigenvalue weighted by atomic mass is 9.94. The van der Waals surface area contributed by atoms with Gasteiger partial charge in [-0.15, -0.1) is 0 Å². The highest BCUT2D eigenvalue weighted by molar-refractivity contribution is 6.31. The molecule has 0 aromatic heterocycles. The van der Waals surface area contributed by atoms with Crippen LogP contribution in [0.4, 0.5) is 4.39 Å². The largest absolute Gasteiger partial charge is 0.486 e. The third kappa shape index (κ3) is 1.58. The van der Waals surface area contributed by atoms with Gasteiger partial charge in [-0.2, -0.15) is 0 Å². The normalized spacial score (nSPS) is 20.2. The van der Waals surface area contributed by atoms with E-state index in [0.717, 1.165) is 12.8 Å². The number of hydrogen-bond acceptors (Lipinski definition) is 3. The van der Waals surface area contributed by atoms with Crippen molar-refractivity contribution in [3.8, 4) is 11.5 Å². The van der Waals surface area contributed by atoms with E-state index in [1.807, 2.05) is 0 Å². The van der Waals surface area contributed by atoms with Crippen molar-refractivity contribution in [2.24, 2.45) is 5.73 Å². The Kier molecular flexibility index (Phi) is 2.45. The highest BCUT2D eigenvalue weighted by Gasteiger charge is 2.48. The molecule has 3 rings (SSSR count). The second kappa shape index (κ2) is 3.75. The minimum Gasteiger partial charge on any atom is -0.486 e. The molecule has 2 N–H and O–H groups in total. The average Bonchev–Trinajstić information content (AvgIpc) is 3.11. The Balaban J connectivity index is 2.21. The topological polar surface area (TPSA) is 44.5 Å². The van der Waals surface area contributed by atoms with E-state index in [1.54, 1.807) is 0 Å². The van der Waals surface area contributed by atoms with Crippen LogP contribution in [0.1, 0.15) is 18.4 Å². The van der Waals surface area contributed by atoms with Gasteiger partial charge in [0.2, 0.25) is 0 Å². The zero-order valence-corrected chi connectivity index (χ0v) is 10.0. The van der Waals surface area contributed by atoms with Gasteiger partial charge in [-0.1, -0.05) is 11.6 Å². The second-order valence-corrected chi connectivity index (χ2v) is 4.96. The van der Waals surface area contributed by atoms with Gasteiger partial charge in [-0.25, -0.2) is 4.39 Å². The summed E-state index contributed by atoms with van der Waals surface area (Å²) in [7, 11) is 0. The van der Waals surface area contributed by atoms with Crippen molar-refractivity contribution < 1.29 is 13.9 Å². The fourth-order valence-electron chi connectivity index (χ4n) is 2.31. The van der Waals surface area contributed by atoms with Gasteiger partial charge < -0.3 is 15.2 Å². The van der Waals surface area contributed by atoms with Gasteiger partial charge in [0, 0.05) is 23.6 Å². The molecule has 1 fully saturated rings. The maximum Gasteiger partial charge on any atom is 0.168 e. The molecule has 1 saturated carbocycles. The summed E-state index contributed by atoms with van der Waals surface area (Å²) in [6.45, 7) is 1.30. The van der Waals surface area contributed by atoms with Crippen molar-refractivity contribution in [2.75, 3.05) is 19.8 Å². The van der Waals surface area contributed by atoms with Crippen molar-refractivity contribution in [3.05, 3.63) is 22.5 Å². The Bertz CT molecular complexity index is 474. The highest BCUT2D eigenvalue weighted by Crippen LogP contribution is 2.55. The van der Waals surface area contributed by atoms with E-state index in [-0.39, 0.29) is 10.4 Å². The van der Waals surface area contributed by atoms with Crippen molar-refractivity contribution >= 4 is 11.6 Å². The molecule has 0 bridgehead atoms. The molecule has 1 aromatic rings.